The van der Waals surface area contributed by atoms with Gasteiger partial charge in [0.05, 0.1) is 10.7 Å². The van der Waals surface area contributed by atoms with Gasteiger partial charge in [0.25, 0.3) is 0 Å². The third kappa shape index (κ3) is 2.92. The number of imidazole rings is 1. The Hall–Kier alpha value is -2.98. The molecule has 25 heavy (non-hydrogen) atoms. The zero-order chi connectivity index (χ0) is 17.4. The Labute approximate surface area is 149 Å². The number of rotatable bonds is 3. The summed E-state index contributed by atoms with van der Waals surface area (Å²) in [5.41, 5.74) is 3.73. The van der Waals surface area contributed by atoms with E-state index >= 15 is 0 Å². The van der Waals surface area contributed by atoms with Crippen LogP contribution in [0.25, 0.3) is 34.2 Å². The molecule has 0 spiro atoms. The average Bonchev–Trinajstić information content (AvgIpc) is 3.25. The van der Waals surface area contributed by atoms with Crippen LogP contribution in [0.3, 0.4) is 0 Å². The Kier molecular flexibility index (Phi) is 3.82. The Morgan fingerprint density at radius 2 is 1.72 bits per heavy atom. The van der Waals surface area contributed by atoms with Gasteiger partial charge in [-0.15, -0.1) is 0 Å². The molecule has 2 aromatic heterocycles. The van der Waals surface area contributed by atoms with Crippen molar-refractivity contribution in [2.24, 2.45) is 0 Å². The molecule has 4 nitrogen and oxygen atoms in total. The molecule has 0 fully saturated rings. The maximum Gasteiger partial charge on any atom is 0.174 e. The van der Waals surface area contributed by atoms with Gasteiger partial charge in [-0.05, 0) is 37.3 Å². The normalized spacial score (nSPS) is 11.0. The molecule has 5 heteroatoms. The fourth-order valence-electron chi connectivity index (χ4n) is 2.73. The van der Waals surface area contributed by atoms with Gasteiger partial charge in [0.1, 0.15) is 11.5 Å². The second kappa shape index (κ2) is 6.15. The molecule has 0 saturated heterocycles. The van der Waals surface area contributed by atoms with Crippen LogP contribution in [0.1, 0.15) is 5.69 Å². The first-order chi connectivity index (χ1) is 12.1. The van der Waals surface area contributed by atoms with Gasteiger partial charge < -0.3 is 14.5 Å². The van der Waals surface area contributed by atoms with Crippen LogP contribution in [0.4, 0.5) is 0 Å². The highest BCUT2D eigenvalue weighted by molar-refractivity contribution is 6.32. The second-order valence-corrected chi connectivity index (χ2v) is 6.16. The number of hydrogen-bond donors (Lipinski definition) is 2. The molecule has 0 aliphatic carbocycles. The van der Waals surface area contributed by atoms with Crippen LogP contribution < -0.4 is 0 Å². The number of H-pyrrole nitrogens is 1. The first kappa shape index (κ1) is 15.5. The van der Waals surface area contributed by atoms with Gasteiger partial charge in [0, 0.05) is 16.8 Å². The van der Waals surface area contributed by atoms with E-state index in [2.05, 4.69) is 9.97 Å². The summed E-state index contributed by atoms with van der Waals surface area (Å²) < 4.78 is 5.92. The molecule has 0 bridgehead atoms. The van der Waals surface area contributed by atoms with Gasteiger partial charge in [-0.25, -0.2) is 4.98 Å². The van der Waals surface area contributed by atoms with Crippen molar-refractivity contribution < 1.29 is 9.52 Å². The lowest BCUT2D eigenvalue weighted by molar-refractivity contribution is 0.475. The topological polar surface area (TPSA) is 62.0 Å². The number of aromatic amines is 1. The van der Waals surface area contributed by atoms with Gasteiger partial charge in [0.2, 0.25) is 0 Å². The van der Waals surface area contributed by atoms with Gasteiger partial charge in [-0.1, -0.05) is 41.9 Å². The summed E-state index contributed by atoms with van der Waals surface area (Å²) in [5.74, 6) is 2.02. The first-order valence-electron chi connectivity index (χ1n) is 7.83. The highest BCUT2D eigenvalue weighted by atomic mass is 35.5. The van der Waals surface area contributed by atoms with Crippen molar-refractivity contribution in [3.63, 3.8) is 0 Å². The summed E-state index contributed by atoms with van der Waals surface area (Å²) >= 11 is 5.97. The standard InChI is InChI=1S/C20H15ClN2O2/c1-12-19(13-5-3-2-4-6-13)23-20(22-12)18-10-9-17(25-18)14-7-8-16(24)15(21)11-14/h2-11,24H,1H3,(H,22,23). The predicted octanol–water partition coefficient (Wildman–Crippen LogP) is 5.67. The van der Waals surface area contributed by atoms with Crippen molar-refractivity contribution in [1.82, 2.24) is 9.97 Å². The molecular weight excluding hydrogens is 336 g/mol. The van der Waals surface area contributed by atoms with Gasteiger partial charge >= 0.3 is 0 Å². The molecule has 124 valence electrons. The third-order valence-corrected chi connectivity index (χ3v) is 4.31. The minimum Gasteiger partial charge on any atom is -0.506 e. The van der Waals surface area contributed by atoms with Crippen molar-refractivity contribution in [2.45, 2.75) is 6.92 Å². The molecule has 0 radical (unpaired) electrons. The van der Waals surface area contributed by atoms with Gasteiger partial charge in [-0.3, -0.25) is 0 Å². The maximum absolute atomic E-state index is 9.54. The Balaban J connectivity index is 1.70. The number of aryl methyl sites for hydroxylation is 1. The third-order valence-electron chi connectivity index (χ3n) is 4.00. The summed E-state index contributed by atoms with van der Waals surface area (Å²) in [6.07, 6.45) is 0. The summed E-state index contributed by atoms with van der Waals surface area (Å²) in [4.78, 5) is 7.95. The largest absolute Gasteiger partial charge is 0.506 e. The molecule has 0 atom stereocenters. The number of halogens is 1. The number of phenolic OH excluding ortho intramolecular Hbond substituents is 1. The van der Waals surface area contributed by atoms with E-state index in [0.717, 1.165) is 22.5 Å². The summed E-state index contributed by atoms with van der Waals surface area (Å²) in [5, 5.41) is 9.83. The van der Waals surface area contributed by atoms with E-state index in [4.69, 9.17) is 16.0 Å². The summed E-state index contributed by atoms with van der Waals surface area (Å²) in [6.45, 7) is 1.99. The van der Waals surface area contributed by atoms with Crippen LogP contribution in [0, 0.1) is 6.92 Å². The number of furan rings is 1. The summed E-state index contributed by atoms with van der Waals surface area (Å²) in [7, 11) is 0. The van der Waals surface area contributed by atoms with E-state index in [1.54, 1.807) is 18.2 Å². The van der Waals surface area contributed by atoms with E-state index in [1.807, 2.05) is 49.4 Å². The van der Waals surface area contributed by atoms with E-state index in [0.29, 0.717) is 17.3 Å². The number of hydrogen-bond acceptors (Lipinski definition) is 3. The molecular formula is C20H15ClN2O2. The van der Waals surface area contributed by atoms with E-state index < -0.39 is 0 Å². The van der Waals surface area contributed by atoms with Crippen molar-refractivity contribution in [3.8, 4) is 39.9 Å². The molecule has 0 saturated carbocycles. The molecule has 2 heterocycles. The van der Waals surface area contributed by atoms with E-state index in [1.165, 1.54) is 0 Å². The van der Waals surface area contributed by atoms with Crippen LogP contribution in [-0.4, -0.2) is 15.1 Å². The monoisotopic (exact) mass is 350 g/mol. The van der Waals surface area contributed by atoms with Crippen molar-refractivity contribution >= 4 is 11.6 Å². The molecule has 0 aliphatic heterocycles. The van der Waals surface area contributed by atoms with E-state index in [-0.39, 0.29) is 10.8 Å². The molecule has 4 rings (SSSR count). The quantitative estimate of drug-likeness (QED) is 0.500. The van der Waals surface area contributed by atoms with Crippen molar-refractivity contribution in [3.05, 3.63) is 71.4 Å². The lowest BCUT2D eigenvalue weighted by atomic mass is 10.1. The minimum absolute atomic E-state index is 0.0476. The Morgan fingerprint density at radius 1 is 0.960 bits per heavy atom. The zero-order valence-electron chi connectivity index (χ0n) is 13.5. The average molecular weight is 351 g/mol. The SMILES string of the molecule is Cc1[nH]c(-c2ccc(-c3ccc(O)c(Cl)c3)o2)nc1-c1ccccc1. The van der Waals surface area contributed by atoms with Gasteiger partial charge in [0.15, 0.2) is 11.6 Å². The first-order valence-corrected chi connectivity index (χ1v) is 8.21. The smallest absolute Gasteiger partial charge is 0.174 e. The van der Waals surface area contributed by atoms with Crippen LogP contribution in [0.15, 0.2) is 65.1 Å². The van der Waals surface area contributed by atoms with E-state index in [9.17, 15) is 5.11 Å². The van der Waals surface area contributed by atoms with Crippen LogP contribution in [-0.2, 0) is 0 Å². The second-order valence-electron chi connectivity index (χ2n) is 5.76. The number of benzene rings is 2. The fourth-order valence-corrected chi connectivity index (χ4v) is 2.92. The Morgan fingerprint density at radius 3 is 2.48 bits per heavy atom. The van der Waals surface area contributed by atoms with Crippen molar-refractivity contribution in [1.29, 1.82) is 0 Å². The van der Waals surface area contributed by atoms with Crippen LogP contribution in [0.5, 0.6) is 5.75 Å². The molecule has 0 unspecified atom stereocenters. The summed E-state index contributed by atoms with van der Waals surface area (Å²) in [6, 6.07) is 18.7. The number of aromatic hydroxyl groups is 1. The van der Waals surface area contributed by atoms with Crippen LogP contribution >= 0.6 is 11.6 Å². The molecule has 2 aromatic carbocycles. The molecule has 0 aliphatic rings. The highest BCUT2D eigenvalue weighted by Gasteiger charge is 2.14. The lowest BCUT2D eigenvalue weighted by Crippen LogP contribution is -1.79. The number of phenols is 1. The Bertz CT molecular complexity index is 1040. The number of nitrogens with zero attached hydrogens (tertiary/aromatic N) is 1. The fraction of sp³-hybridized carbons (Fsp3) is 0.0500. The zero-order valence-corrected chi connectivity index (χ0v) is 14.2. The molecule has 0 amide bonds. The van der Waals surface area contributed by atoms with Crippen molar-refractivity contribution in [2.75, 3.05) is 0 Å². The number of aromatic nitrogens is 2. The van der Waals surface area contributed by atoms with Crippen LogP contribution in [0.2, 0.25) is 5.02 Å². The lowest BCUT2D eigenvalue weighted by Gasteiger charge is -2.00. The number of nitrogens with one attached hydrogen (secondary N) is 1. The van der Waals surface area contributed by atoms with Gasteiger partial charge in [-0.2, -0.15) is 0 Å². The predicted molar refractivity (Wildman–Crippen MR) is 98.6 cm³/mol. The minimum atomic E-state index is 0.0476. The molecule has 4 aromatic rings. The maximum atomic E-state index is 9.54. The highest BCUT2D eigenvalue weighted by Crippen LogP contribution is 2.33. The molecule has 2 N–H and O–H groups in total.